The summed E-state index contributed by atoms with van der Waals surface area (Å²) in [6, 6.07) is 1.40. The van der Waals surface area contributed by atoms with Crippen molar-refractivity contribution in [2.45, 2.75) is 40.2 Å². The van der Waals surface area contributed by atoms with E-state index in [9.17, 15) is 14.4 Å². The molecule has 0 saturated carbocycles. The second-order valence-corrected chi connectivity index (χ2v) is 6.48. The first-order valence-electron chi connectivity index (χ1n) is 7.97. The molecule has 7 heteroatoms. The second-order valence-electron chi connectivity index (χ2n) is 6.48. The summed E-state index contributed by atoms with van der Waals surface area (Å²) in [4.78, 5) is 44.1. The van der Waals surface area contributed by atoms with Crippen LogP contribution in [0.5, 0.6) is 0 Å². The van der Waals surface area contributed by atoms with E-state index in [1.165, 1.54) is 6.07 Å². The summed E-state index contributed by atoms with van der Waals surface area (Å²) in [6.45, 7) is 7.16. The van der Waals surface area contributed by atoms with Crippen LogP contribution >= 0.6 is 0 Å². The van der Waals surface area contributed by atoms with Crippen LogP contribution in [0.25, 0.3) is 0 Å². The Morgan fingerprint density at radius 1 is 1.48 bits per heavy atom. The van der Waals surface area contributed by atoms with Gasteiger partial charge in [0, 0.05) is 31.3 Å². The first-order valence-corrected chi connectivity index (χ1v) is 7.97. The number of hydrogen-bond donors (Lipinski definition) is 2. The molecule has 1 aliphatic heterocycles. The molecule has 2 amide bonds. The van der Waals surface area contributed by atoms with Gasteiger partial charge in [0.2, 0.25) is 11.8 Å². The molecule has 0 bridgehead atoms. The van der Waals surface area contributed by atoms with Crippen LogP contribution in [-0.4, -0.2) is 39.8 Å². The number of aryl methyl sites for hydroxylation is 1. The number of aromatic amines is 1. The minimum atomic E-state index is -0.229. The summed E-state index contributed by atoms with van der Waals surface area (Å²) in [5, 5.41) is 2.80. The molecule has 0 aromatic carbocycles. The lowest BCUT2D eigenvalue weighted by Gasteiger charge is -2.33. The molecule has 2 rings (SSSR count). The van der Waals surface area contributed by atoms with Crippen molar-refractivity contribution in [3.63, 3.8) is 0 Å². The number of nitrogens with zero attached hydrogens (tertiary/aromatic N) is 2. The average Bonchev–Trinajstić information content (AvgIpc) is 2.45. The van der Waals surface area contributed by atoms with E-state index in [1.54, 1.807) is 11.8 Å². The molecule has 1 aliphatic rings. The van der Waals surface area contributed by atoms with Crippen molar-refractivity contribution in [3.8, 4) is 0 Å². The molecule has 0 radical (unpaired) electrons. The number of aromatic nitrogens is 2. The topological polar surface area (TPSA) is 95.2 Å². The van der Waals surface area contributed by atoms with Crippen LogP contribution in [0.3, 0.4) is 0 Å². The Morgan fingerprint density at radius 2 is 2.22 bits per heavy atom. The lowest BCUT2D eigenvalue weighted by atomic mass is 9.96. The highest BCUT2D eigenvalue weighted by Gasteiger charge is 2.30. The molecule has 1 aromatic rings. The Balaban J connectivity index is 1.92. The van der Waals surface area contributed by atoms with E-state index >= 15 is 0 Å². The van der Waals surface area contributed by atoms with E-state index in [0.29, 0.717) is 43.4 Å². The lowest BCUT2D eigenvalue weighted by molar-refractivity contribution is -0.138. The first-order chi connectivity index (χ1) is 10.8. The molecule has 1 unspecified atom stereocenters. The van der Waals surface area contributed by atoms with Gasteiger partial charge in [-0.2, -0.15) is 0 Å². The number of amides is 2. The third-order valence-electron chi connectivity index (χ3n) is 3.81. The summed E-state index contributed by atoms with van der Waals surface area (Å²) in [5.41, 5.74) is 0.387. The fraction of sp³-hybridized carbons (Fsp3) is 0.625. The Labute approximate surface area is 135 Å². The van der Waals surface area contributed by atoms with Crippen molar-refractivity contribution in [2.24, 2.45) is 11.8 Å². The van der Waals surface area contributed by atoms with Crippen LogP contribution in [0.4, 0.5) is 0 Å². The van der Waals surface area contributed by atoms with Gasteiger partial charge in [-0.25, -0.2) is 4.98 Å². The lowest BCUT2D eigenvalue weighted by Crippen LogP contribution is -2.46. The summed E-state index contributed by atoms with van der Waals surface area (Å²) in [6.07, 6.45) is 0.974. The smallest absolute Gasteiger partial charge is 0.251 e. The van der Waals surface area contributed by atoms with Crippen LogP contribution < -0.4 is 10.9 Å². The first kappa shape index (κ1) is 17.2. The van der Waals surface area contributed by atoms with Gasteiger partial charge in [-0.3, -0.25) is 14.4 Å². The third-order valence-corrected chi connectivity index (χ3v) is 3.81. The van der Waals surface area contributed by atoms with Crippen LogP contribution in [0.15, 0.2) is 10.9 Å². The number of nitrogens with one attached hydrogen (secondary N) is 2. The fourth-order valence-electron chi connectivity index (χ4n) is 2.79. The highest BCUT2D eigenvalue weighted by atomic mass is 16.2. The quantitative estimate of drug-likeness (QED) is 0.830. The predicted octanol–water partition coefficient (Wildman–Crippen LogP) is 0.589. The maximum absolute atomic E-state index is 12.3. The number of likely N-dealkylation sites (tertiary alicyclic amines) is 1. The van der Waals surface area contributed by atoms with Crippen molar-refractivity contribution >= 4 is 11.8 Å². The minimum absolute atomic E-state index is 0.101. The molecule has 1 saturated heterocycles. The zero-order chi connectivity index (χ0) is 17.0. The van der Waals surface area contributed by atoms with Crippen molar-refractivity contribution < 1.29 is 9.59 Å². The number of hydrogen-bond acceptors (Lipinski definition) is 4. The van der Waals surface area contributed by atoms with E-state index in [0.717, 1.165) is 0 Å². The van der Waals surface area contributed by atoms with E-state index < -0.39 is 0 Å². The summed E-state index contributed by atoms with van der Waals surface area (Å²) in [5.74, 6) is 0.627. The Morgan fingerprint density at radius 3 is 2.87 bits per heavy atom. The monoisotopic (exact) mass is 320 g/mol. The highest BCUT2D eigenvalue weighted by molar-refractivity contribution is 5.83. The zero-order valence-electron chi connectivity index (χ0n) is 13.9. The molecule has 2 N–H and O–H groups in total. The minimum Gasteiger partial charge on any atom is -0.349 e. The van der Waals surface area contributed by atoms with Gasteiger partial charge in [-0.15, -0.1) is 0 Å². The van der Waals surface area contributed by atoms with Gasteiger partial charge >= 0.3 is 0 Å². The number of H-pyrrole nitrogens is 1. The molecular weight excluding hydrogens is 296 g/mol. The van der Waals surface area contributed by atoms with Gasteiger partial charge < -0.3 is 15.2 Å². The number of piperidine rings is 1. The zero-order valence-corrected chi connectivity index (χ0v) is 13.9. The molecule has 2 heterocycles. The van der Waals surface area contributed by atoms with Gasteiger partial charge in [0.05, 0.1) is 12.5 Å². The molecule has 0 aliphatic carbocycles. The van der Waals surface area contributed by atoms with E-state index in [4.69, 9.17) is 0 Å². The molecule has 1 aromatic heterocycles. The molecule has 126 valence electrons. The SMILES string of the molecule is Cc1cc(=O)[nH]c(CNC(=O)C2CCC(=O)N(CC(C)C)C2)n1. The average molecular weight is 320 g/mol. The third kappa shape index (κ3) is 4.91. The maximum atomic E-state index is 12.3. The van der Waals surface area contributed by atoms with Gasteiger partial charge in [0.1, 0.15) is 5.82 Å². The standard InChI is InChI=1S/C16H24N4O3/c1-10(2)8-20-9-12(4-5-15(20)22)16(23)17-7-13-18-11(3)6-14(21)19-13/h6,10,12H,4-5,7-9H2,1-3H3,(H,17,23)(H,18,19,21). The van der Waals surface area contributed by atoms with E-state index in [-0.39, 0.29) is 29.8 Å². The predicted molar refractivity (Wildman–Crippen MR) is 85.6 cm³/mol. The van der Waals surface area contributed by atoms with Crippen LogP contribution in [-0.2, 0) is 16.1 Å². The normalized spacial score (nSPS) is 18.3. The Kier molecular flexibility index (Phi) is 5.52. The number of carbonyl (C=O) groups excluding carboxylic acids is 2. The highest BCUT2D eigenvalue weighted by Crippen LogP contribution is 2.19. The Bertz CT molecular complexity index is 638. The van der Waals surface area contributed by atoms with Crippen LogP contribution in [0, 0.1) is 18.8 Å². The largest absolute Gasteiger partial charge is 0.349 e. The van der Waals surface area contributed by atoms with Gasteiger partial charge in [0.25, 0.3) is 5.56 Å². The molecular formula is C16H24N4O3. The van der Waals surface area contributed by atoms with Crippen molar-refractivity contribution in [1.29, 1.82) is 0 Å². The van der Waals surface area contributed by atoms with Crippen LogP contribution in [0.1, 0.15) is 38.2 Å². The molecule has 0 spiro atoms. The van der Waals surface area contributed by atoms with Crippen molar-refractivity contribution in [2.75, 3.05) is 13.1 Å². The maximum Gasteiger partial charge on any atom is 0.251 e. The fourth-order valence-corrected chi connectivity index (χ4v) is 2.79. The van der Waals surface area contributed by atoms with Crippen molar-refractivity contribution in [1.82, 2.24) is 20.2 Å². The van der Waals surface area contributed by atoms with Crippen molar-refractivity contribution in [3.05, 3.63) is 27.9 Å². The molecule has 7 nitrogen and oxygen atoms in total. The van der Waals surface area contributed by atoms with Gasteiger partial charge in [-0.05, 0) is 19.3 Å². The van der Waals surface area contributed by atoms with E-state index in [1.807, 2.05) is 0 Å². The number of rotatable bonds is 5. The summed E-state index contributed by atoms with van der Waals surface area (Å²) in [7, 11) is 0. The van der Waals surface area contributed by atoms with Gasteiger partial charge in [0.15, 0.2) is 0 Å². The van der Waals surface area contributed by atoms with E-state index in [2.05, 4.69) is 29.1 Å². The van der Waals surface area contributed by atoms with Crippen LogP contribution in [0.2, 0.25) is 0 Å². The number of carbonyl (C=O) groups is 2. The summed E-state index contributed by atoms with van der Waals surface area (Å²) >= 11 is 0. The summed E-state index contributed by atoms with van der Waals surface area (Å²) < 4.78 is 0. The van der Waals surface area contributed by atoms with Gasteiger partial charge in [-0.1, -0.05) is 13.8 Å². The molecule has 23 heavy (non-hydrogen) atoms. The molecule has 1 atom stereocenters. The Hall–Kier alpha value is -2.18. The second kappa shape index (κ2) is 7.39. The molecule has 1 fully saturated rings.